The van der Waals surface area contributed by atoms with E-state index in [1.54, 1.807) is 23.6 Å². The van der Waals surface area contributed by atoms with Gasteiger partial charge in [-0.25, -0.2) is 4.98 Å². The Labute approximate surface area is 146 Å². The number of aryl methyl sites for hydroxylation is 1. The SMILES string of the molecule is Cc1ccsc1C=Nn1c(C(C)C)nc2ccc(Br)cc2c1=O. The Kier molecular flexibility index (Phi) is 4.46. The average molecular weight is 390 g/mol. The Hall–Kier alpha value is -1.79. The number of benzene rings is 1. The minimum Gasteiger partial charge on any atom is -0.267 e. The van der Waals surface area contributed by atoms with Crippen molar-refractivity contribution in [3.05, 3.63) is 60.7 Å². The molecule has 6 heteroatoms. The van der Waals surface area contributed by atoms with Gasteiger partial charge in [0.1, 0.15) is 5.82 Å². The van der Waals surface area contributed by atoms with Gasteiger partial charge in [-0.15, -0.1) is 11.3 Å². The van der Waals surface area contributed by atoms with Gasteiger partial charge in [-0.2, -0.15) is 9.78 Å². The van der Waals surface area contributed by atoms with Gasteiger partial charge in [-0.3, -0.25) is 4.79 Å². The lowest BCUT2D eigenvalue weighted by molar-refractivity contribution is 0.665. The van der Waals surface area contributed by atoms with Crippen LogP contribution in [0.1, 0.15) is 36.0 Å². The summed E-state index contributed by atoms with van der Waals surface area (Å²) >= 11 is 5.01. The number of thiophene rings is 1. The van der Waals surface area contributed by atoms with Crippen LogP contribution in [0.5, 0.6) is 0 Å². The van der Waals surface area contributed by atoms with Crippen LogP contribution in [0.2, 0.25) is 0 Å². The normalized spacial score (nSPS) is 11.9. The molecule has 4 nitrogen and oxygen atoms in total. The smallest absolute Gasteiger partial charge is 0.267 e. The third-order valence-corrected chi connectivity index (χ3v) is 4.99. The maximum atomic E-state index is 12.8. The molecule has 3 rings (SSSR count). The highest BCUT2D eigenvalue weighted by molar-refractivity contribution is 9.10. The van der Waals surface area contributed by atoms with E-state index in [1.807, 2.05) is 44.4 Å². The fourth-order valence-corrected chi connectivity index (χ4v) is 3.42. The first kappa shape index (κ1) is 16.1. The summed E-state index contributed by atoms with van der Waals surface area (Å²) in [7, 11) is 0. The Morgan fingerprint density at radius 1 is 1.35 bits per heavy atom. The van der Waals surface area contributed by atoms with Crippen LogP contribution in [-0.4, -0.2) is 15.9 Å². The van der Waals surface area contributed by atoms with Crippen molar-refractivity contribution in [2.24, 2.45) is 5.10 Å². The van der Waals surface area contributed by atoms with Gasteiger partial charge in [-0.1, -0.05) is 29.8 Å². The van der Waals surface area contributed by atoms with Crippen molar-refractivity contribution in [1.29, 1.82) is 0 Å². The standard InChI is InChI=1S/C17H16BrN3OS/c1-10(2)16-20-14-5-4-12(18)8-13(14)17(22)21(16)19-9-15-11(3)6-7-23-15/h4-10H,1-3H3. The maximum absolute atomic E-state index is 12.8. The first-order valence-electron chi connectivity index (χ1n) is 7.28. The number of aromatic nitrogens is 2. The molecule has 0 amide bonds. The highest BCUT2D eigenvalue weighted by Gasteiger charge is 2.13. The van der Waals surface area contributed by atoms with Crippen molar-refractivity contribution < 1.29 is 0 Å². The largest absolute Gasteiger partial charge is 0.282 e. The lowest BCUT2D eigenvalue weighted by Crippen LogP contribution is -2.23. The molecule has 2 heterocycles. The van der Waals surface area contributed by atoms with Gasteiger partial charge < -0.3 is 0 Å². The number of rotatable bonds is 3. The molecule has 0 saturated carbocycles. The third kappa shape index (κ3) is 3.14. The fourth-order valence-electron chi connectivity index (χ4n) is 2.28. The number of hydrogen-bond acceptors (Lipinski definition) is 4. The Morgan fingerprint density at radius 3 is 2.78 bits per heavy atom. The van der Waals surface area contributed by atoms with E-state index < -0.39 is 0 Å². The molecule has 0 unspecified atom stereocenters. The summed E-state index contributed by atoms with van der Waals surface area (Å²) in [6.45, 7) is 6.05. The van der Waals surface area contributed by atoms with Crippen molar-refractivity contribution in [3.8, 4) is 0 Å². The van der Waals surface area contributed by atoms with Crippen molar-refractivity contribution in [2.75, 3.05) is 0 Å². The Morgan fingerprint density at radius 2 is 2.13 bits per heavy atom. The van der Waals surface area contributed by atoms with Crippen LogP contribution in [0.25, 0.3) is 10.9 Å². The Bertz CT molecular complexity index is 956. The Balaban J connectivity index is 2.23. The first-order chi connectivity index (χ1) is 11.0. The van der Waals surface area contributed by atoms with E-state index in [0.717, 1.165) is 14.9 Å². The van der Waals surface area contributed by atoms with Gasteiger partial charge in [0.25, 0.3) is 5.56 Å². The van der Waals surface area contributed by atoms with E-state index in [-0.39, 0.29) is 11.5 Å². The van der Waals surface area contributed by atoms with Crippen molar-refractivity contribution in [3.63, 3.8) is 0 Å². The zero-order valence-corrected chi connectivity index (χ0v) is 15.5. The molecule has 0 radical (unpaired) electrons. The lowest BCUT2D eigenvalue weighted by Gasteiger charge is -2.11. The summed E-state index contributed by atoms with van der Waals surface area (Å²) in [5, 5.41) is 6.99. The molecule has 23 heavy (non-hydrogen) atoms. The van der Waals surface area contributed by atoms with Gasteiger partial charge >= 0.3 is 0 Å². The summed E-state index contributed by atoms with van der Waals surface area (Å²) < 4.78 is 2.27. The summed E-state index contributed by atoms with van der Waals surface area (Å²) in [5.41, 5.74) is 1.69. The molecule has 1 aromatic carbocycles. The van der Waals surface area contributed by atoms with Crippen LogP contribution in [0.4, 0.5) is 0 Å². The minimum absolute atomic E-state index is 0.0947. The second kappa shape index (κ2) is 6.37. The lowest BCUT2D eigenvalue weighted by atomic mass is 10.2. The number of fused-ring (bicyclic) bond motifs is 1. The minimum atomic E-state index is -0.148. The van der Waals surface area contributed by atoms with Crippen LogP contribution in [-0.2, 0) is 0 Å². The predicted octanol–water partition coefficient (Wildman–Crippen LogP) is 4.53. The topological polar surface area (TPSA) is 47.2 Å². The van der Waals surface area contributed by atoms with Gasteiger partial charge in [0, 0.05) is 10.4 Å². The van der Waals surface area contributed by atoms with Crippen LogP contribution in [0.15, 0.2) is 44.0 Å². The van der Waals surface area contributed by atoms with Gasteiger partial charge in [0.2, 0.25) is 0 Å². The molecule has 0 aliphatic rings. The monoisotopic (exact) mass is 389 g/mol. The van der Waals surface area contributed by atoms with E-state index in [1.165, 1.54) is 4.68 Å². The fraction of sp³-hybridized carbons (Fsp3) is 0.235. The van der Waals surface area contributed by atoms with E-state index >= 15 is 0 Å². The molecule has 0 bridgehead atoms. The highest BCUT2D eigenvalue weighted by Crippen LogP contribution is 2.19. The molecule has 0 N–H and O–H groups in total. The summed E-state index contributed by atoms with van der Waals surface area (Å²) in [4.78, 5) is 18.5. The van der Waals surface area contributed by atoms with E-state index in [2.05, 4.69) is 26.0 Å². The van der Waals surface area contributed by atoms with Gasteiger partial charge in [-0.05, 0) is 42.1 Å². The van der Waals surface area contributed by atoms with Crippen LogP contribution in [0.3, 0.4) is 0 Å². The van der Waals surface area contributed by atoms with Gasteiger partial charge in [0.15, 0.2) is 0 Å². The molecule has 0 atom stereocenters. The van der Waals surface area contributed by atoms with Crippen molar-refractivity contribution >= 4 is 44.4 Å². The zero-order valence-electron chi connectivity index (χ0n) is 13.1. The molecule has 0 aliphatic heterocycles. The van der Waals surface area contributed by atoms with Crippen molar-refractivity contribution in [2.45, 2.75) is 26.7 Å². The molecular weight excluding hydrogens is 374 g/mol. The summed E-state index contributed by atoms with van der Waals surface area (Å²) in [6, 6.07) is 7.57. The van der Waals surface area contributed by atoms with Crippen LogP contribution >= 0.6 is 27.3 Å². The molecule has 0 spiro atoms. The quantitative estimate of drug-likeness (QED) is 0.617. The summed E-state index contributed by atoms with van der Waals surface area (Å²) in [6.07, 6.45) is 1.73. The molecule has 0 aliphatic carbocycles. The third-order valence-electron chi connectivity index (χ3n) is 3.54. The second-order valence-corrected chi connectivity index (χ2v) is 7.48. The van der Waals surface area contributed by atoms with Crippen LogP contribution in [0, 0.1) is 6.92 Å². The van der Waals surface area contributed by atoms with E-state index in [9.17, 15) is 4.79 Å². The highest BCUT2D eigenvalue weighted by atomic mass is 79.9. The second-order valence-electron chi connectivity index (χ2n) is 5.62. The number of halogens is 1. The molecule has 0 fully saturated rings. The van der Waals surface area contributed by atoms with Crippen LogP contribution < -0.4 is 5.56 Å². The van der Waals surface area contributed by atoms with Gasteiger partial charge in [0.05, 0.1) is 22.0 Å². The summed E-state index contributed by atoms with van der Waals surface area (Å²) in [5.74, 6) is 0.757. The van der Waals surface area contributed by atoms with E-state index in [0.29, 0.717) is 16.7 Å². The number of nitrogens with zero attached hydrogens (tertiary/aromatic N) is 3. The molecular formula is C17H16BrN3OS. The van der Waals surface area contributed by atoms with Crippen molar-refractivity contribution in [1.82, 2.24) is 9.66 Å². The number of hydrogen-bond donors (Lipinski definition) is 0. The zero-order chi connectivity index (χ0) is 16.6. The molecule has 2 aromatic heterocycles. The molecule has 3 aromatic rings. The molecule has 118 valence electrons. The first-order valence-corrected chi connectivity index (χ1v) is 8.95. The average Bonchev–Trinajstić information content (AvgIpc) is 2.92. The van der Waals surface area contributed by atoms with E-state index in [4.69, 9.17) is 0 Å². The molecule has 0 saturated heterocycles. The maximum Gasteiger partial charge on any atom is 0.282 e. The predicted molar refractivity (Wildman–Crippen MR) is 99.8 cm³/mol.